The third-order valence-corrected chi connectivity index (χ3v) is 3.74. The van der Waals surface area contributed by atoms with Crippen LogP contribution in [0.25, 0.3) is 0 Å². The Kier molecular flexibility index (Phi) is 7.08. The number of nitrogens with zero attached hydrogens (tertiary/aromatic N) is 2. The number of carbonyl (C=O) groups is 2. The van der Waals surface area contributed by atoms with Crippen LogP contribution in [0.1, 0.15) is 24.2 Å². The van der Waals surface area contributed by atoms with E-state index in [1.807, 2.05) is 48.3 Å². The molecule has 2 rings (SSSR count). The fraction of sp³-hybridized carbons (Fsp3) is 0.250. The van der Waals surface area contributed by atoms with Gasteiger partial charge in [-0.2, -0.15) is 0 Å². The summed E-state index contributed by atoms with van der Waals surface area (Å²) in [5.41, 5.74) is 2.39. The van der Waals surface area contributed by atoms with Gasteiger partial charge in [0.25, 0.3) is 0 Å². The third kappa shape index (κ3) is 5.65. The fourth-order valence-corrected chi connectivity index (χ4v) is 2.30. The van der Waals surface area contributed by atoms with E-state index >= 15 is 0 Å². The van der Waals surface area contributed by atoms with Gasteiger partial charge in [0.1, 0.15) is 18.1 Å². The zero-order chi connectivity index (χ0) is 19.8. The molecular weight excluding hydrogens is 348 g/mol. The number of aliphatic hydroxyl groups is 1. The molecule has 0 unspecified atom stereocenters. The number of carbonyl (C=O) groups excluding carboxylic acids is 2. The molecule has 0 spiro atoms. The molecule has 0 saturated carbocycles. The first kappa shape index (κ1) is 20.1. The van der Waals surface area contributed by atoms with Crippen LogP contribution in [0.2, 0.25) is 0 Å². The predicted octanol–water partition coefficient (Wildman–Crippen LogP) is 2.95. The molecule has 0 fully saturated rings. The molecule has 0 aliphatic rings. The molecule has 7 heteroatoms. The number of oxime groups is 1. The summed E-state index contributed by atoms with van der Waals surface area (Å²) in [6.45, 7) is 2.94. The molecule has 7 nitrogen and oxygen atoms in total. The van der Waals surface area contributed by atoms with Gasteiger partial charge in [-0.1, -0.05) is 5.16 Å². The lowest BCUT2D eigenvalue weighted by atomic mass is 10.1. The zero-order valence-corrected chi connectivity index (χ0v) is 15.5. The highest BCUT2D eigenvalue weighted by atomic mass is 16.7. The molecule has 2 aromatic rings. The second kappa shape index (κ2) is 9.49. The number of benzene rings is 2. The first-order valence-electron chi connectivity index (χ1n) is 8.36. The standard InChI is InChI=1S/C20H22N2O5/c1-14(21-27-15(2)24)20(25)16-4-6-17(7-5-16)22(3)18-8-10-19(11-9-18)26-13-12-23/h4-11,23H,12-13H2,1-3H3. The molecule has 142 valence electrons. The lowest BCUT2D eigenvalue weighted by Gasteiger charge is -2.20. The Balaban J connectivity index is 2.08. The van der Waals surface area contributed by atoms with E-state index in [2.05, 4.69) is 9.99 Å². The SMILES string of the molecule is CC(=O)ON=C(C)C(=O)c1ccc(N(C)c2ccc(OCCO)cc2)cc1. The van der Waals surface area contributed by atoms with Crippen LogP contribution in [-0.2, 0) is 9.63 Å². The van der Waals surface area contributed by atoms with Crippen LogP contribution in [0, 0.1) is 0 Å². The van der Waals surface area contributed by atoms with Crippen LogP contribution in [-0.4, -0.2) is 42.8 Å². The van der Waals surface area contributed by atoms with Crippen LogP contribution in [0.4, 0.5) is 11.4 Å². The number of rotatable bonds is 8. The summed E-state index contributed by atoms with van der Waals surface area (Å²) in [5, 5.41) is 12.3. The van der Waals surface area contributed by atoms with Crippen LogP contribution in [0.5, 0.6) is 5.75 Å². The maximum absolute atomic E-state index is 12.3. The molecule has 1 N–H and O–H groups in total. The molecule has 0 aliphatic carbocycles. The Bertz CT molecular complexity index is 813. The minimum Gasteiger partial charge on any atom is -0.491 e. The molecule has 0 atom stereocenters. The van der Waals surface area contributed by atoms with Crippen molar-refractivity contribution in [3.8, 4) is 5.75 Å². The van der Waals surface area contributed by atoms with Gasteiger partial charge in [0.05, 0.1) is 6.61 Å². The molecular formula is C20H22N2O5. The highest BCUT2D eigenvalue weighted by molar-refractivity contribution is 6.45. The van der Waals surface area contributed by atoms with Gasteiger partial charge in [-0.3, -0.25) is 4.79 Å². The average molecular weight is 370 g/mol. The quantitative estimate of drug-likeness (QED) is 0.333. The highest BCUT2D eigenvalue weighted by Gasteiger charge is 2.12. The second-order valence-corrected chi connectivity index (χ2v) is 5.76. The summed E-state index contributed by atoms with van der Waals surface area (Å²) < 4.78 is 5.35. The first-order valence-corrected chi connectivity index (χ1v) is 8.36. The van der Waals surface area contributed by atoms with E-state index in [1.54, 1.807) is 12.1 Å². The van der Waals surface area contributed by atoms with Crippen molar-refractivity contribution in [2.45, 2.75) is 13.8 Å². The highest BCUT2D eigenvalue weighted by Crippen LogP contribution is 2.26. The Morgan fingerprint density at radius 3 is 2.07 bits per heavy atom. The van der Waals surface area contributed by atoms with Crippen molar-refractivity contribution in [1.82, 2.24) is 0 Å². The number of ether oxygens (including phenoxy) is 1. The Morgan fingerprint density at radius 2 is 1.56 bits per heavy atom. The van der Waals surface area contributed by atoms with E-state index in [4.69, 9.17) is 9.84 Å². The summed E-state index contributed by atoms with van der Waals surface area (Å²) in [7, 11) is 1.91. The maximum atomic E-state index is 12.3. The van der Waals surface area contributed by atoms with Crippen LogP contribution in [0.3, 0.4) is 0 Å². The van der Waals surface area contributed by atoms with Crippen molar-refractivity contribution in [1.29, 1.82) is 0 Å². The van der Waals surface area contributed by atoms with Gasteiger partial charge in [0.15, 0.2) is 0 Å². The van der Waals surface area contributed by atoms with Gasteiger partial charge in [-0.15, -0.1) is 0 Å². The van der Waals surface area contributed by atoms with Crippen molar-refractivity contribution in [2.75, 3.05) is 25.2 Å². The number of anilines is 2. The van der Waals surface area contributed by atoms with E-state index in [1.165, 1.54) is 13.8 Å². The first-order chi connectivity index (χ1) is 12.9. The van der Waals surface area contributed by atoms with Crippen LogP contribution < -0.4 is 9.64 Å². The van der Waals surface area contributed by atoms with Crippen LogP contribution >= 0.6 is 0 Å². The minimum atomic E-state index is -0.577. The number of aliphatic hydroxyl groups excluding tert-OH is 1. The molecule has 0 radical (unpaired) electrons. The fourth-order valence-electron chi connectivity index (χ4n) is 2.30. The number of Topliss-reactive ketones (excluding diaryl/α,β-unsaturated/α-hetero) is 1. The molecule has 0 bridgehead atoms. The Morgan fingerprint density at radius 1 is 1.00 bits per heavy atom. The zero-order valence-electron chi connectivity index (χ0n) is 15.5. The normalized spacial score (nSPS) is 11.0. The molecule has 2 aromatic carbocycles. The average Bonchev–Trinajstić information content (AvgIpc) is 2.69. The van der Waals surface area contributed by atoms with Crippen molar-refractivity contribution in [3.63, 3.8) is 0 Å². The van der Waals surface area contributed by atoms with Gasteiger partial charge >= 0.3 is 5.97 Å². The summed E-state index contributed by atoms with van der Waals surface area (Å²) in [5.74, 6) is -0.201. The maximum Gasteiger partial charge on any atom is 0.331 e. The van der Waals surface area contributed by atoms with Gasteiger partial charge in [0, 0.05) is 30.9 Å². The minimum absolute atomic E-state index is 0.0300. The predicted molar refractivity (Wildman–Crippen MR) is 103 cm³/mol. The lowest BCUT2D eigenvalue weighted by Crippen LogP contribution is -2.13. The molecule has 0 amide bonds. The monoisotopic (exact) mass is 370 g/mol. The van der Waals surface area contributed by atoms with Gasteiger partial charge in [-0.05, 0) is 55.5 Å². The largest absolute Gasteiger partial charge is 0.491 e. The lowest BCUT2D eigenvalue weighted by molar-refractivity contribution is -0.140. The molecule has 0 aliphatic heterocycles. The summed E-state index contributed by atoms with van der Waals surface area (Å²) in [6, 6.07) is 14.5. The van der Waals surface area contributed by atoms with E-state index < -0.39 is 5.97 Å². The Hall–Kier alpha value is -3.19. The van der Waals surface area contributed by atoms with E-state index in [-0.39, 0.29) is 24.7 Å². The van der Waals surface area contributed by atoms with Crippen molar-refractivity contribution in [3.05, 3.63) is 54.1 Å². The number of hydrogen-bond donors (Lipinski definition) is 1. The van der Waals surface area contributed by atoms with Crippen molar-refractivity contribution in [2.24, 2.45) is 5.16 Å². The second-order valence-electron chi connectivity index (χ2n) is 5.76. The van der Waals surface area contributed by atoms with Crippen LogP contribution in [0.15, 0.2) is 53.7 Å². The summed E-state index contributed by atoms with van der Waals surface area (Å²) in [4.78, 5) is 29.5. The van der Waals surface area contributed by atoms with E-state index in [0.717, 1.165) is 11.4 Å². The summed E-state index contributed by atoms with van der Waals surface area (Å²) >= 11 is 0. The van der Waals surface area contributed by atoms with Gasteiger partial charge < -0.3 is 19.6 Å². The van der Waals surface area contributed by atoms with Crippen molar-refractivity contribution >= 4 is 28.8 Å². The topological polar surface area (TPSA) is 88.4 Å². The smallest absolute Gasteiger partial charge is 0.331 e. The van der Waals surface area contributed by atoms with Crippen molar-refractivity contribution < 1.29 is 24.3 Å². The molecule has 0 saturated heterocycles. The van der Waals surface area contributed by atoms with Gasteiger partial charge in [-0.25, -0.2) is 4.79 Å². The van der Waals surface area contributed by atoms with Gasteiger partial charge in [0.2, 0.25) is 5.78 Å². The van der Waals surface area contributed by atoms with E-state index in [9.17, 15) is 9.59 Å². The molecule has 27 heavy (non-hydrogen) atoms. The molecule has 0 aromatic heterocycles. The summed E-state index contributed by atoms with van der Waals surface area (Å²) in [6.07, 6.45) is 0. The number of hydrogen-bond acceptors (Lipinski definition) is 7. The Labute approximate surface area is 157 Å². The number of ketones is 1. The third-order valence-electron chi connectivity index (χ3n) is 3.74. The van der Waals surface area contributed by atoms with E-state index in [0.29, 0.717) is 11.3 Å². The molecule has 0 heterocycles.